The molecular weight excluding hydrogens is 362 g/mol. The predicted molar refractivity (Wildman–Crippen MR) is 107 cm³/mol. The number of carboxylic acid groups (broad SMARTS) is 1. The lowest BCUT2D eigenvalue weighted by molar-refractivity contribution is -0.141. The van der Waals surface area contributed by atoms with Crippen LogP contribution in [0.5, 0.6) is 0 Å². The van der Waals surface area contributed by atoms with Gasteiger partial charge < -0.3 is 10.0 Å². The molecule has 3 aromatic rings. The highest BCUT2D eigenvalue weighted by Gasteiger charge is 2.28. The zero-order chi connectivity index (χ0) is 19.0. The van der Waals surface area contributed by atoms with Gasteiger partial charge in [0, 0.05) is 13.1 Å². The van der Waals surface area contributed by atoms with Gasteiger partial charge in [0.05, 0.1) is 18.0 Å². The molecule has 0 radical (unpaired) electrons. The molecule has 27 heavy (non-hydrogen) atoms. The van der Waals surface area contributed by atoms with Crippen LogP contribution in [0.25, 0.3) is 10.2 Å². The molecule has 1 fully saturated rings. The van der Waals surface area contributed by atoms with E-state index < -0.39 is 11.9 Å². The highest BCUT2D eigenvalue weighted by atomic mass is 32.1. The van der Waals surface area contributed by atoms with Crippen molar-refractivity contribution in [3.05, 3.63) is 57.2 Å². The number of nitrogens with zero attached hydrogens (tertiary/aromatic N) is 3. The zero-order valence-electron chi connectivity index (χ0n) is 15.1. The Labute approximate surface area is 160 Å². The van der Waals surface area contributed by atoms with Crippen LogP contribution in [0.3, 0.4) is 0 Å². The molecule has 1 saturated heterocycles. The second kappa shape index (κ2) is 7.15. The normalized spacial score (nSPS) is 17.4. The van der Waals surface area contributed by atoms with Crippen LogP contribution in [-0.2, 0) is 11.3 Å². The van der Waals surface area contributed by atoms with Crippen molar-refractivity contribution in [2.45, 2.75) is 26.3 Å². The summed E-state index contributed by atoms with van der Waals surface area (Å²) in [7, 11) is 0. The van der Waals surface area contributed by atoms with E-state index in [-0.39, 0.29) is 5.56 Å². The van der Waals surface area contributed by atoms with E-state index in [1.54, 1.807) is 4.57 Å². The van der Waals surface area contributed by atoms with Crippen molar-refractivity contribution in [1.82, 2.24) is 9.55 Å². The number of aryl methyl sites for hydroxylation is 1. The minimum absolute atomic E-state index is 0.0666. The van der Waals surface area contributed by atoms with E-state index in [4.69, 9.17) is 4.98 Å². The Morgan fingerprint density at radius 1 is 1.30 bits per heavy atom. The summed E-state index contributed by atoms with van der Waals surface area (Å²) in [6.07, 6.45) is 1.44. The fourth-order valence-electron chi connectivity index (χ4n) is 3.55. The summed E-state index contributed by atoms with van der Waals surface area (Å²) < 4.78 is 2.32. The first kappa shape index (κ1) is 17.7. The third kappa shape index (κ3) is 3.47. The van der Waals surface area contributed by atoms with Crippen LogP contribution < -0.4 is 10.5 Å². The molecule has 1 atom stereocenters. The van der Waals surface area contributed by atoms with Gasteiger partial charge >= 0.3 is 5.97 Å². The van der Waals surface area contributed by atoms with Gasteiger partial charge in [-0.3, -0.25) is 14.2 Å². The smallest absolute Gasteiger partial charge is 0.308 e. The number of benzene rings is 1. The van der Waals surface area contributed by atoms with Crippen molar-refractivity contribution < 1.29 is 9.90 Å². The second-order valence-electron chi connectivity index (χ2n) is 7.05. The Bertz CT molecular complexity index is 1040. The number of thiophene rings is 1. The summed E-state index contributed by atoms with van der Waals surface area (Å²) in [4.78, 5) is 31.3. The average molecular weight is 383 g/mol. The third-order valence-electron chi connectivity index (χ3n) is 5.06. The third-order valence-corrected chi connectivity index (χ3v) is 5.95. The number of anilines is 1. The number of aliphatic carboxylic acids is 1. The molecule has 2 aromatic heterocycles. The molecule has 140 valence electrons. The van der Waals surface area contributed by atoms with E-state index in [1.807, 2.05) is 47.5 Å². The summed E-state index contributed by atoms with van der Waals surface area (Å²) in [6.45, 7) is 3.54. The van der Waals surface area contributed by atoms with Crippen LogP contribution in [0.4, 0.5) is 5.95 Å². The van der Waals surface area contributed by atoms with Crippen LogP contribution in [0.1, 0.15) is 24.0 Å². The van der Waals surface area contributed by atoms with Gasteiger partial charge in [-0.1, -0.05) is 29.8 Å². The van der Waals surface area contributed by atoms with E-state index in [1.165, 1.54) is 16.9 Å². The molecule has 1 aromatic carbocycles. The Balaban J connectivity index is 1.79. The van der Waals surface area contributed by atoms with Gasteiger partial charge in [-0.05, 0) is 36.8 Å². The quantitative estimate of drug-likeness (QED) is 0.749. The standard InChI is InChI=1S/C20H21N3O3S/c1-13-4-6-14(7-5-13)11-23-18(24)17-16(8-10-27-17)21-20(23)22-9-2-3-15(12-22)19(25)26/h4-8,10,15H,2-3,9,11-12H2,1H3,(H,25,26)/t15-/m0/s1. The Morgan fingerprint density at radius 3 is 2.81 bits per heavy atom. The Hall–Kier alpha value is -2.67. The Morgan fingerprint density at radius 2 is 2.07 bits per heavy atom. The molecule has 7 heteroatoms. The highest BCUT2D eigenvalue weighted by molar-refractivity contribution is 7.17. The molecule has 0 bridgehead atoms. The fourth-order valence-corrected chi connectivity index (χ4v) is 4.33. The molecule has 0 aliphatic carbocycles. The topological polar surface area (TPSA) is 75.4 Å². The number of hydrogen-bond acceptors (Lipinski definition) is 5. The summed E-state index contributed by atoms with van der Waals surface area (Å²) in [5.74, 6) is -0.650. The number of hydrogen-bond donors (Lipinski definition) is 1. The SMILES string of the molecule is Cc1ccc(Cn2c(N3CCC[C@H](C(=O)O)C3)nc3ccsc3c2=O)cc1. The maximum atomic E-state index is 13.1. The number of fused-ring (bicyclic) bond motifs is 1. The predicted octanol–water partition coefficient (Wildman–Crippen LogP) is 3.12. The largest absolute Gasteiger partial charge is 0.481 e. The van der Waals surface area contributed by atoms with Gasteiger partial charge in [0.25, 0.3) is 5.56 Å². The Kier molecular flexibility index (Phi) is 4.70. The van der Waals surface area contributed by atoms with Gasteiger partial charge in [-0.15, -0.1) is 11.3 Å². The molecular formula is C20H21N3O3S. The molecule has 6 nitrogen and oxygen atoms in total. The second-order valence-corrected chi connectivity index (χ2v) is 7.96. The summed E-state index contributed by atoms with van der Waals surface area (Å²) >= 11 is 1.39. The van der Waals surface area contributed by atoms with Gasteiger partial charge in [0.1, 0.15) is 4.70 Å². The van der Waals surface area contributed by atoms with Gasteiger partial charge in [-0.25, -0.2) is 4.98 Å². The number of rotatable bonds is 4. The average Bonchev–Trinajstić information content (AvgIpc) is 3.14. The first-order valence-electron chi connectivity index (χ1n) is 9.04. The molecule has 1 aliphatic rings. The fraction of sp³-hybridized carbons (Fsp3) is 0.350. The molecule has 0 saturated carbocycles. The van der Waals surface area contributed by atoms with Crippen molar-refractivity contribution >= 4 is 33.5 Å². The van der Waals surface area contributed by atoms with Crippen molar-refractivity contribution in [2.24, 2.45) is 5.92 Å². The first-order chi connectivity index (χ1) is 13.0. The van der Waals surface area contributed by atoms with Crippen LogP contribution in [-0.4, -0.2) is 33.7 Å². The van der Waals surface area contributed by atoms with E-state index in [0.29, 0.717) is 42.2 Å². The molecule has 0 unspecified atom stereocenters. The monoisotopic (exact) mass is 383 g/mol. The minimum Gasteiger partial charge on any atom is -0.481 e. The maximum Gasteiger partial charge on any atom is 0.308 e. The molecule has 4 rings (SSSR count). The number of carboxylic acids is 1. The van der Waals surface area contributed by atoms with Crippen molar-refractivity contribution in [3.8, 4) is 0 Å². The molecule has 0 spiro atoms. The van der Waals surface area contributed by atoms with E-state index in [9.17, 15) is 14.7 Å². The lowest BCUT2D eigenvalue weighted by atomic mass is 9.99. The molecule has 1 N–H and O–H groups in total. The van der Waals surface area contributed by atoms with Crippen molar-refractivity contribution in [2.75, 3.05) is 18.0 Å². The van der Waals surface area contributed by atoms with E-state index in [0.717, 1.165) is 12.0 Å². The highest BCUT2D eigenvalue weighted by Crippen LogP contribution is 2.25. The van der Waals surface area contributed by atoms with Crippen molar-refractivity contribution in [3.63, 3.8) is 0 Å². The summed E-state index contributed by atoms with van der Waals surface area (Å²) in [5.41, 5.74) is 2.80. The first-order valence-corrected chi connectivity index (χ1v) is 9.92. The number of piperidine rings is 1. The lowest BCUT2D eigenvalue weighted by Crippen LogP contribution is -2.42. The molecule has 1 aliphatic heterocycles. The van der Waals surface area contributed by atoms with Gasteiger partial charge in [0.2, 0.25) is 5.95 Å². The lowest BCUT2D eigenvalue weighted by Gasteiger charge is -2.32. The van der Waals surface area contributed by atoms with Gasteiger partial charge in [-0.2, -0.15) is 0 Å². The molecule has 0 amide bonds. The van der Waals surface area contributed by atoms with Gasteiger partial charge in [0.15, 0.2) is 0 Å². The van der Waals surface area contributed by atoms with Crippen LogP contribution in [0, 0.1) is 12.8 Å². The maximum absolute atomic E-state index is 13.1. The summed E-state index contributed by atoms with van der Waals surface area (Å²) in [6, 6.07) is 9.93. The van der Waals surface area contributed by atoms with Crippen LogP contribution in [0.15, 0.2) is 40.5 Å². The van der Waals surface area contributed by atoms with Crippen molar-refractivity contribution in [1.29, 1.82) is 0 Å². The zero-order valence-corrected chi connectivity index (χ0v) is 15.9. The van der Waals surface area contributed by atoms with Crippen LogP contribution in [0.2, 0.25) is 0 Å². The van der Waals surface area contributed by atoms with Crippen LogP contribution >= 0.6 is 11.3 Å². The minimum atomic E-state index is -0.788. The van der Waals surface area contributed by atoms with E-state index >= 15 is 0 Å². The summed E-state index contributed by atoms with van der Waals surface area (Å²) in [5, 5.41) is 11.3. The number of aromatic nitrogens is 2. The number of carbonyl (C=O) groups is 1. The molecule has 3 heterocycles. The van der Waals surface area contributed by atoms with E-state index in [2.05, 4.69) is 0 Å².